The van der Waals surface area contributed by atoms with Crippen LogP contribution in [0.4, 0.5) is 16.2 Å². The van der Waals surface area contributed by atoms with Crippen molar-refractivity contribution in [2.45, 2.75) is 32.2 Å². The summed E-state index contributed by atoms with van der Waals surface area (Å²) in [5, 5.41) is 6.34. The highest BCUT2D eigenvalue weighted by molar-refractivity contribution is 6.31. The molecule has 0 aromatic heterocycles. The van der Waals surface area contributed by atoms with Gasteiger partial charge in [-0.05, 0) is 49.6 Å². The summed E-state index contributed by atoms with van der Waals surface area (Å²) in [6.07, 6.45) is 2.09. The normalized spacial score (nSPS) is 16.6. The van der Waals surface area contributed by atoms with Crippen LogP contribution in [0.25, 0.3) is 0 Å². The van der Waals surface area contributed by atoms with Crippen molar-refractivity contribution < 1.29 is 9.59 Å². The zero-order chi connectivity index (χ0) is 18.5. The average molecular weight is 372 g/mol. The lowest BCUT2D eigenvalue weighted by Crippen LogP contribution is -2.32. The second kappa shape index (κ2) is 8.23. The van der Waals surface area contributed by atoms with Gasteiger partial charge in [-0.15, -0.1) is 0 Å². The smallest absolute Gasteiger partial charge is 0.319 e. The monoisotopic (exact) mass is 371 g/mol. The van der Waals surface area contributed by atoms with Gasteiger partial charge in [0.05, 0.1) is 0 Å². The van der Waals surface area contributed by atoms with E-state index >= 15 is 0 Å². The van der Waals surface area contributed by atoms with Crippen molar-refractivity contribution in [3.8, 4) is 0 Å². The molecule has 0 aliphatic carbocycles. The zero-order valence-electron chi connectivity index (χ0n) is 14.7. The first-order valence-electron chi connectivity index (χ1n) is 8.75. The molecular weight excluding hydrogens is 350 g/mol. The Kier molecular flexibility index (Phi) is 5.78. The Hall–Kier alpha value is -2.53. The van der Waals surface area contributed by atoms with Crippen LogP contribution in [0, 0.1) is 0 Å². The van der Waals surface area contributed by atoms with Crippen LogP contribution in [0.3, 0.4) is 0 Å². The third-order valence-corrected chi connectivity index (χ3v) is 4.87. The van der Waals surface area contributed by atoms with Crippen LogP contribution in [0.2, 0.25) is 5.02 Å². The number of hydrogen-bond acceptors (Lipinski definition) is 2. The molecule has 5 nitrogen and oxygen atoms in total. The van der Waals surface area contributed by atoms with E-state index in [9.17, 15) is 9.59 Å². The van der Waals surface area contributed by atoms with E-state index in [2.05, 4.69) is 10.6 Å². The Labute approximate surface area is 158 Å². The molecule has 0 radical (unpaired) electrons. The Bertz CT molecular complexity index is 809. The fraction of sp³-hybridized carbons (Fsp3) is 0.300. The molecule has 1 aliphatic heterocycles. The highest BCUT2D eigenvalue weighted by Gasteiger charge is 2.28. The molecule has 0 saturated carbocycles. The Morgan fingerprint density at radius 1 is 1.23 bits per heavy atom. The molecule has 1 aliphatic rings. The van der Waals surface area contributed by atoms with E-state index in [0.29, 0.717) is 30.1 Å². The summed E-state index contributed by atoms with van der Waals surface area (Å²) in [5.41, 5.74) is 2.47. The number of amides is 3. The van der Waals surface area contributed by atoms with Gasteiger partial charge in [-0.25, -0.2) is 4.79 Å². The number of nitrogens with zero attached hydrogens (tertiary/aromatic N) is 1. The van der Waals surface area contributed by atoms with Gasteiger partial charge in [0.1, 0.15) is 0 Å². The maximum absolute atomic E-state index is 12.1. The van der Waals surface area contributed by atoms with E-state index in [-0.39, 0.29) is 18.0 Å². The van der Waals surface area contributed by atoms with Crippen molar-refractivity contribution in [2.24, 2.45) is 0 Å². The van der Waals surface area contributed by atoms with Crippen molar-refractivity contribution in [3.05, 3.63) is 59.1 Å². The van der Waals surface area contributed by atoms with Gasteiger partial charge < -0.3 is 15.5 Å². The largest absolute Gasteiger partial charge is 0.338 e. The van der Waals surface area contributed by atoms with E-state index in [4.69, 9.17) is 11.6 Å². The zero-order valence-corrected chi connectivity index (χ0v) is 15.4. The van der Waals surface area contributed by atoms with Crippen LogP contribution in [-0.4, -0.2) is 24.5 Å². The SMILES string of the molecule is CC1CCC(=O)N1c1cccc(NC(=O)NCCc2ccccc2Cl)c1. The van der Waals surface area contributed by atoms with Gasteiger partial charge in [0.25, 0.3) is 0 Å². The van der Waals surface area contributed by atoms with Crippen molar-refractivity contribution in [2.75, 3.05) is 16.8 Å². The number of nitrogens with one attached hydrogen (secondary N) is 2. The van der Waals surface area contributed by atoms with E-state index in [1.807, 2.05) is 55.5 Å². The van der Waals surface area contributed by atoms with Gasteiger partial charge >= 0.3 is 6.03 Å². The lowest BCUT2D eigenvalue weighted by molar-refractivity contribution is -0.117. The molecule has 136 valence electrons. The lowest BCUT2D eigenvalue weighted by atomic mass is 10.1. The molecular formula is C20H22ClN3O2. The van der Waals surface area contributed by atoms with Gasteiger partial charge in [0.15, 0.2) is 0 Å². The van der Waals surface area contributed by atoms with E-state index in [0.717, 1.165) is 17.7 Å². The quantitative estimate of drug-likeness (QED) is 0.826. The van der Waals surface area contributed by atoms with Crippen molar-refractivity contribution in [1.82, 2.24) is 5.32 Å². The van der Waals surface area contributed by atoms with Crippen molar-refractivity contribution >= 4 is 34.9 Å². The molecule has 1 unspecified atom stereocenters. The predicted molar refractivity (Wildman–Crippen MR) is 105 cm³/mol. The number of urea groups is 1. The minimum absolute atomic E-state index is 0.124. The summed E-state index contributed by atoms with van der Waals surface area (Å²) in [6, 6.07) is 14.8. The molecule has 2 N–H and O–H groups in total. The van der Waals surface area contributed by atoms with Gasteiger partial charge in [0.2, 0.25) is 5.91 Å². The maximum atomic E-state index is 12.1. The maximum Gasteiger partial charge on any atom is 0.319 e. The first kappa shape index (κ1) is 18.3. The van der Waals surface area contributed by atoms with Gasteiger partial charge in [0, 0.05) is 35.4 Å². The summed E-state index contributed by atoms with van der Waals surface area (Å²) in [7, 11) is 0. The summed E-state index contributed by atoms with van der Waals surface area (Å²) in [5.74, 6) is 0.124. The van der Waals surface area contributed by atoms with E-state index in [1.165, 1.54) is 0 Å². The number of halogens is 1. The second-order valence-corrected chi connectivity index (χ2v) is 6.83. The second-order valence-electron chi connectivity index (χ2n) is 6.42. The summed E-state index contributed by atoms with van der Waals surface area (Å²) in [4.78, 5) is 25.9. The predicted octanol–water partition coefficient (Wildman–Crippen LogP) is 4.22. The molecule has 0 bridgehead atoms. The third kappa shape index (κ3) is 4.35. The molecule has 1 saturated heterocycles. The van der Waals surface area contributed by atoms with Crippen LogP contribution >= 0.6 is 11.6 Å². The molecule has 2 aromatic carbocycles. The molecule has 2 aromatic rings. The molecule has 3 amide bonds. The fourth-order valence-electron chi connectivity index (χ4n) is 3.15. The first-order valence-corrected chi connectivity index (χ1v) is 9.13. The first-order chi connectivity index (χ1) is 12.5. The van der Waals surface area contributed by atoms with E-state index < -0.39 is 0 Å². The van der Waals surface area contributed by atoms with Crippen LogP contribution in [0.1, 0.15) is 25.3 Å². The summed E-state index contributed by atoms with van der Waals surface area (Å²) < 4.78 is 0. The van der Waals surface area contributed by atoms with Gasteiger partial charge in [-0.1, -0.05) is 35.9 Å². The minimum atomic E-state index is -0.282. The van der Waals surface area contributed by atoms with Crippen molar-refractivity contribution in [3.63, 3.8) is 0 Å². The molecule has 0 spiro atoms. The highest BCUT2D eigenvalue weighted by atomic mass is 35.5. The number of benzene rings is 2. The van der Waals surface area contributed by atoms with E-state index in [1.54, 1.807) is 4.90 Å². The lowest BCUT2D eigenvalue weighted by Gasteiger charge is -2.22. The van der Waals surface area contributed by atoms with Crippen LogP contribution in [0.15, 0.2) is 48.5 Å². The van der Waals surface area contributed by atoms with Gasteiger partial charge in [-0.2, -0.15) is 0 Å². The Morgan fingerprint density at radius 3 is 2.77 bits per heavy atom. The Balaban J connectivity index is 1.55. The average Bonchev–Trinajstić information content (AvgIpc) is 2.95. The standard InChI is InChI=1S/C20H22ClN3O2/c1-14-9-10-19(25)24(14)17-7-4-6-16(13-17)23-20(26)22-12-11-15-5-2-3-8-18(15)21/h2-8,13-14H,9-12H2,1H3,(H2,22,23,26). The number of hydrogen-bond donors (Lipinski definition) is 2. The van der Waals surface area contributed by atoms with Crippen molar-refractivity contribution in [1.29, 1.82) is 0 Å². The molecule has 6 heteroatoms. The number of rotatable bonds is 5. The number of carbonyl (C=O) groups is 2. The van der Waals surface area contributed by atoms with Crippen LogP contribution in [0.5, 0.6) is 0 Å². The number of anilines is 2. The molecule has 1 fully saturated rings. The van der Waals surface area contributed by atoms with Gasteiger partial charge in [-0.3, -0.25) is 4.79 Å². The topological polar surface area (TPSA) is 61.4 Å². The molecule has 3 rings (SSSR count). The molecule has 26 heavy (non-hydrogen) atoms. The fourth-order valence-corrected chi connectivity index (χ4v) is 3.38. The van der Waals surface area contributed by atoms with Crippen LogP contribution < -0.4 is 15.5 Å². The minimum Gasteiger partial charge on any atom is -0.338 e. The third-order valence-electron chi connectivity index (χ3n) is 4.51. The molecule has 1 heterocycles. The molecule has 1 atom stereocenters. The summed E-state index contributed by atoms with van der Waals surface area (Å²) >= 11 is 6.11. The summed E-state index contributed by atoms with van der Waals surface area (Å²) in [6.45, 7) is 2.52. The number of carbonyl (C=O) groups excluding carboxylic acids is 2. The highest BCUT2D eigenvalue weighted by Crippen LogP contribution is 2.28. The Morgan fingerprint density at radius 2 is 2.04 bits per heavy atom. The van der Waals surface area contributed by atoms with Crippen LogP contribution in [-0.2, 0) is 11.2 Å².